The number of unbranched alkanes of at least 4 members (excludes halogenated alkanes) is 3. The largest absolute Gasteiger partial charge is 0.396 e. The number of amides is 3. The zero-order valence-electron chi connectivity index (χ0n) is 11.3. The topological polar surface area (TPSA) is 90.5 Å². The Hall–Kier alpha value is -1.14. The third-order valence-electron chi connectivity index (χ3n) is 2.50. The maximum atomic E-state index is 11.5. The van der Waals surface area contributed by atoms with Gasteiger partial charge in [0.1, 0.15) is 0 Å². The Morgan fingerprint density at radius 2 is 1.83 bits per heavy atom. The first-order chi connectivity index (χ1) is 8.61. The van der Waals surface area contributed by atoms with E-state index in [0.29, 0.717) is 6.54 Å². The minimum atomic E-state index is -0.459. The highest BCUT2D eigenvalue weighted by Crippen LogP contribution is 1.98. The number of hydrogen-bond donors (Lipinski definition) is 4. The summed E-state index contributed by atoms with van der Waals surface area (Å²) in [7, 11) is 0. The zero-order valence-corrected chi connectivity index (χ0v) is 11.3. The van der Waals surface area contributed by atoms with E-state index in [2.05, 4.69) is 16.0 Å². The Balaban J connectivity index is 3.58. The molecule has 106 valence electrons. The van der Waals surface area contributed by atoms with E-state index in [-0.39, 0.29) is 18.6 Å². The molecule has 0 spiro atoms. The molecule has 0 heterocycles. The monoisotopic (exact) mass is 259 g/mol. The summed E-state index contributed by atoms with van der Waals surface area (Å²) in [6.45, 7) is 4.97. The second kappa shape index (κ2) is 11.0. The Labute approximate surface area is 109 Å². The lowest BCUT2D eigenvalue weighted by molar-refractivity contribution is -0.121. The molecule has 4 N–H and O–H groups in total. The Bertz CT molecular complexity index is 247. The summed E-state index contributed by atoms with van der Waals surface area (Å²) in [5.74, 6) is -0.323. The van der Waals surface area contributed by atoms with Gasteiger partial charge in [-0.3, -0.25) is 10.1 Å². The first-order valence-corrected chi connectivity index (χ1v) is 6.54. The molecule has 1 unspecified atom stereocenters. The highest BCUT2D eigenvalue weighted by molar-refractivity contribution is 5.96. The van der Waals surface area contributed by atoms with Gasteiger partial charge in [-0.15, -0.1) is 0 Å². The smallest absolute Gasteiger partial charge is 0.321 e. The van der Waals surface area contributed by atoms with Gasteiger partial charge in [0.25, 0.3) is 0 Å². The molecule has 6 heteroatoms. The van der Waals surface area contributed by atoms with Crippen LogP contribution in [0.4, 0.5) is 4.79 Å². The van der Waals surface area contributed by atoms with Crippen LogP contribution in [-0.2, 0) is 4.79 Å². The summed E-state index contributed by atoms with van der Waals surface area (Å²) in [5, 5.41) is 16.4. The van der Waals surface area contributed by atoms with Crippen molar-refractivity contribution in [1.82, 2.24) is 16.0 Å². The van der Waals surface area contributed by atoms with Crippen LogP contribution in [0.15, 0.2) is 0 Å². The molecule has 0 aliphatic carbocycles. The second-order valence-corrected chi connectivity index (χ2v) is 4.16. The Morgan fingerprint density at radius 1 is 1.17 bits per heavy atom. The zero-order chi connectivity index (χ0) is 13.8. The summed E-state index contributed by atoms with van der Waals surface area (Å²) in [6, 6.07) is -0.843. The van der Waals surface area contributed by atoms with Crippen LogP contribution in [0.2, 0.25) is 0 Å². The highest BCUT2D eigenvalue weighted by Gasteiger charge is 2.13. The van der Waals surface area contributed by atoms with Crippen LogP contribution in [0, 0.1) is 0 Å². The molecule has 0 rings (SSSR count). The predicted octanol–water partition coefficient (Wildman–Crippen LogP) is 0.363. The molecule has 6 nitrogen and oxygen atoms in total. The van der Waals surface area contributed by atoms with Crippen LogP contribution in [0.3, 0.4) is 0 Å². The fraction of sp³-hybridized carbons (Fsp3) is 0.833. The minimum absolute atomic E-state index is 0.235. The van der Waals surface area contributed by atoms with Crippen LogP contribution in [-0.4, -0.2) is 42.8 Å². The number of hydrogen-bond acceptors (Lipinski definition) is 4. The number of carbonyl (C=O) groups excluding carboxylic acids is 2. The molecule has 3 amide bonds. The molecule has 0 aromatic carbocycles. The van der Waals surface area contributed by atoms with Crippen LogP contribution in [0.25, 0.3) is 0 Å². The normalized spacial score (nSPS) is 11.9. The second-order valence-electron chi connectivity index (χ2n) is 4.16. The number of rotatable bonds is 9. The van der Waals surface area contributed by atoms with Crippen molar-refractivity contribution in [2.24, 2.45) is 0 Å². The molecule has 0 fully saturated rings. The predicted molar refractivity (Wildman–Crippen MR) is 70.2 cm³/mol. The van der Waals surface area contributed by atoms with Gasteiger partial charge in [-0.2, -0.15) is 0 Å². The highest BCUT2D eigenvalue weighted by atomic mass is 16.3. The van der Waals surface area contributed by atoms with Gasteiger partial charge in [-0.05, 0) is 33.2 Å². The average Bonchev–Trinajstić information content (AvgIpc) is 2.33. The lowest BCUT2D eigenvalue weighted by Crippen LogP contribution is -2.48. The quantitative estimate of drug-likeness (QED) is 0.450. The lowest BCUT2D eigenvalue weighted by atomic mass is 10.2. The van der Waals surface area contributed by atoms with Gasteiger partial charge in [-0.25, -0.2) is 4.79 Å². The molecular formula is C12H25N3O3. The van der Waals surface area contributed by atoms with Crippen molar-refractivity contribution in [3.05, 3.63) is 0 Å². The van der Waals surface area contributed by atoms with Gasteiger partial charge >= 0.3 is 6.03 Å². The van der Waals surface area contributed by atoms with E-state index < -0.39 is 6.03 Å². The number of imide groups is 1. The minimum Gasteiger partial charge on any atom is -0.396 e. The number of carbonyl (C=O) groups is 2. The van der Waals surface area contributed by atoms with E-state index in [1.807, 2.05) is 0 Å². The number of aliphatic hydroxyl groups is 1. The summed E-state index contributed by atoms with van der Waals surface area (Å²) < 4.78 is 0. The van der Waals surface area contributed by atoms with Crippen molar-refractivity contribution in [1.29, 1.82) is 0 Å². The van der Waals surface area contributed by atoms with E-state index in [1.54, 1.807) is 13.8 Å². The SMILES string of the molecule is CCNC(=O)NC(=O)C(C)NCCCCCCO. The van der Waals surface area contributed by atoms with Crippen molar-refractivity contribution < 1.29 is 14.7 Å². The Morgan fingerprint density at radius 3 is 2.44 bits per heavy atom. The molecule has 0 aliphatic rings. The first kappa shape index (κ1) is 16.9. The number of nitrogens with one attached hydrogen (secondary N) is 3. The summed E-state index contributed by atoms with van der Waals surface area (Å²) in [6.07, 6.45) is 3.81. The van der Waals surface area contributed by atoms with Gasteiger partial charge in [0.05, 0.1) is 6.04 Å². The molecule has 0 bridgehead atoms. The molecule has 0 saturated carbocycles. The van der Waals surface area contributed by atoms with Crippen LogP contribution in [0.1, 0.15) is 39.5 Å². The molecule has 0 aromatic heterocycles. The molecule has 0 aromatic rings. The molecular weight excluding hydrogens is 234 g/mol. The van der Waals surface area contributed by atoms with Crippen molar-refractivity contribution >= 4 is 11.9 Å². The van der Waals surface area contributed by atoms with Gasteiger partial charge < -0.3 is 15.7 Å². The van der Waals surface area contributed by atoms with Crippen LogP contribution < -0.4 is 16.0 Å². The van der Waals surface area contributed by atoms with Crippen molar-refractivity contribution in [2.75, 3.05) is 19.7 Å². The molecule has 0 radical (unpaired) electrons. The van der Waals surface area contributed by atoms with Gasteiger partial charge in [0.15, 0.2) is 0 Å². The van der Waals surface area contributed by atoms with Crippen molar-refractivity contribution in [2.45, 2.75) is 45.6 Å². The fourth-order valence-electron chi connectivity index (χ4n) is 1.43. The third kappa shape index (κ3) is 8.95. The average molecular weight is 259 g/mol. The molecule has 0 saturated heterocycles. The van der Waals surface area contributed by atoms with E-state index in [4.69, 9.17) is 5.11 Å². The van der Waals surface area contributed by atoms with Gasteiger partial charge in [-0.1, -0.05) is 12.8 Å². The van der Waals surface area contributed by atoms with E-state index in [1.165, 1.54) is 0 Å². The van der Waals surface area contributed by atoms with E-state index in [0.717, 1.165) is 32.2 Å². The maximum Gasteiger partial charge on any atom is 0.321 e. The van der Waals surface area contributed by atoms with Crippen molar-refractivity contribution in [3.8, 4) is 0 Å². The van der Waals surface area contributed by atoms with Gasteiger partial charge in [0.2, 0.25) is 5.91 Å². The van der Waals surface area contributed by atoms with Crippen LogP contribution >= 0.6 is 0 Å². The maximum absolute atomic E-state index is 11.5. The lowest BCUT2D eigenvalue weighted by Gasteiger charge is -2.13. The van der Waals surface area contributed by atoms with Gasteiger partial charge in [0, 0.05) is 13.2 Å². The van der Waals surface area contributed by atoms with E-state index >= 15 is 0 Å². The summed E-state index contributed by atoms with van der Waals surface area (Å²) in [5.41, 5.74) is 0. The van der Waals surface area contributed by atoms with E-state index in [9.17, 15) is 9.59 Å². The number of urea groups is 1. The standard InChI is InChI=1S/C12H25N3O3/c1-3-13-12(18)15-11(17)10(2)14-8-6-4-5-7-9-16/h10,14,16H,3-9H2,1-2H3,(H2,13,15,17,18). The summed E-state index contributed by atoms with van der Waals surface area (Å²) >= 11 is 0. The molecule has 18 heavy (non-hydrogen) atoms. The molecule has 0 aliphatic heterocycles. The third-order valence-corrected chi connectivity index (χ3v) is 2.50. The first-order valence-electron chi connectivity index (χ1n) is 6.54. The van der Waals surface area contributed by atoms with Crippen molar-refractivity contribution in [3.63, 3.8) is 0 Å². The number of aliphatic hydroxyl groups excluding tert-OH is 1. The summed E-state index contributed by atoms with van der Waals surface area (Å²) in [4.78, 5) is 22.6. The fourth-order valence-corrected chi connectivity index (χ4v) is 1.43. The Kier molecular flexibility index (Phi) is 10.3. The molecule has 1 atom stereocenters. The van der Waals surface area contributed by atoms with Crippen LogP contribution in [0.5, 0.6) is 0 Å².